The molecule has 2 N–H and O–H groups in total. The van der Waals surface area contributed by atoms with Gasteiger partial charge >= 0.3 is 0 Å². The van der Waals surface area contributed by atoms with Crippen LogP contribution < -0.4 is 15.2 Å². The molecule has 2 aromatic rings. The molecule has 176 valence electrons. The molecule has 0 spiro atoms. The minimum atomic E-state index is -0.575. The Labute approximate surface area is 216 Å². The Morgan fingerprint density at radius 3 is 2.71 bits per heavy atom. The molecule has 1 atom stereocenters. The number of Topliss-reactive ketones (excluding diaryl/α,β-unsaturated/α-hetero) is 1. The lowest BCUT2D eigenvalue weighted by Gasteiger charge is -2.37. The van der Waals surface area contributed by atoms with Crippen LogP contribution in [-0.4, -0.2) is 24.8 Å². The van der Waals surface area contributed by atoms with E-state index >= 15 is 0 Å². The summed E-state index contributed by atoms with van der Waals surface area (Å²) < 4.78 is 12.3. The average Bonchev–Trinajstić information content (AvgIpc) is 2.81. The van der Waals surface area contributed by atoms with Crippen molar-refractivity contribution < 1.29 is 14.3 Å². The highest BCUT2D eigenvalue weighted by Gasteiger charge is 2.39. The summed E-state index contributed by atoms with van der Waals surface area (Å²) in [5, 5.41) is 11.0. The highest BCUT2D eigenvalue weighted by atomic mass is 79.9. The smallest absolute Gasteiger partial charge is 0.175 e. The molecular weight excluding hydrogens is 541 g/mol. The first-order chi connectivity index (χ1) is 16.3. The van der Waals surface area contributed by atoms with E-state index in [-0.39, 0.29) is 12.4 Å². The van der Waals surface area contributed by atoms with E-state index in [2.05, 4.69) is 22.0 Å². The number of carbonyl (C=O) groups is 1. The van der Waals surface area contributed by atoms with Gasteiger partial charge in [-0.05, 0) is 58.6 Å². The van der Waals surface area contributed by atoms with Crippen molar-refractivity contribution in [3.05, 3.63) is 78.6 Å². The molecule has 1 aliphatic carbocycles. The number of halogens is 3. The number of ether oxygens (including phenoxy) is 2. The molecule has 0 bridgehead atoms. The molecule has 0 saturated heterocycles. The number of methoxy groups -OCH3 is 1. The van der Waals surface area contributed by atoms with Crippen LogP contribution in [-0.2, 0) is 11.4 Å². The SMILES string of the molecule is COc1cc([C@@H]2C(C#N)=C(N)N(C)C3=C2C(=O)CCC3)cc(Br)c1OCc1ccc(Cl)cc1Cl. The van der Waals surface area contributed by atoms with Crippen molar-refractivity contribution >= 4 is 44.9 Å². The zero-order valence-corrected chi connectivity index (χ0v) is 21.7. The summed E-state index contributed by atoms with van der Waals surface area (Å²) in [7, 11) is 3.33. The number of nitrogens with zero attached hydrogens (tertiary/aromatic N) is 2. The van der Waals surface area contributed by atoms with Crippen LogP contribution in [0.2, 0.25) is 10.0 Å². The van der Waals surface area contributed by atoms with Crippen molar-refractivity contribution in [2.75, 3.05) is 14.2 Å². The minimum absolute atomic E-state index is 0.0335. The predicted molar refractivity (Wildman–Crippen MR) is 135 cm³/mol. The van der Waals surface area contributed by atoms with E-state index in [0.717, 1.165) is 29.7 Å². The van der Waals surface area contributed by atoms with Crippen molar-refractivity contribution in [3.8, 4) is 17.6 Å². The summed E-state index contributed by atoms with van der Waals surface area (Å²) in [5.74, 6) is 0.744. The maximum atomic E-state index is 13.0. The standard InChI is InChI=1S/C25H22BrCl2N3O3/c1-31-19-4-3-5-20(32)23(19)22(16(11-29)25(31)30)14-8-17(26)24(21(9-14)33-2)34-12-13-6-7-15(27)10-18(13)28/h6-10,22H,3-5,12,30H2,1-2H3/t22-/m1/s1. The van der Waals surface area contributed by atoms with E-state index in [1.807, 2.05) is 6.07 Å². The summed E-state index contributed by atoms with van der Waals surface area (Å²) in [6, 6.07) is 11.1. The lowest BCUT2D eigenvalue weighted by molar-refractivity contribution is -0.116. The van der Waals surface area contributed by atoms with Crippen molar-refractivity contribution in [2.24, 2.45) is 5.73 Å². The van der Waals surface area contributed by atoms with Crippen LogP contribution in [0.4, 0.5) is 0 Å². The van der Waals surface area contributed by atoms with Gasteiger partial charge in [0.15, 0.2) is 17.3 Å². The molecular formula is C25H22BrCl2N3O3. The molecule has 0 amide bonds. The molecule has 1 aliphatic heterocycles. The van der Waals surface area contributed by atoms with Crippen molar-refractivity contribution in [3.63, 3.8) is 0 Å². The van der Waals surface area contributed by atoms with Crippen LogP contribution in [0.3, 0.4) is 0 Å². The lowest BCUT2D eigenvalue weighted by atomic mass is 9.76. The Kier molecular flexibility index (Phi) is 7.13. The molecule has 0 radical (unpaired) electrons. The number of benzene rings is 2. The molecule has 2 aliphatic rings. The maximum absolute atomic E-state index is 13.0. The number of hydrogen-bond donors (Lipinski definition) is 1. The highest BCUT2D eigenvalue weighted by Crippen LogP contribution is 2.47. The summed E-state index contributed by atoms with van der Waals surface area (Å²) in [4.78, 5) is 14.8. The van der Waals surface area contributed by atoms with Gasteiger partial charge in [0.05, 0.1) is 29.1 Å². The molecule has 34 heavy (non-hydrogen) atoms. The van der Waals surface area contributed by atoms with Crippen LogP contribution in [0, 0.1) is 11.3 Å². The zero-order valence-electron chi connectivity index (χ0n) is 18.6. The number of allylic oxidation sites excluding steroid dienone is 3. The molecule has 2 aromatic carbocycles. The fourth-order valence-corrected chi connectivity index (χ4v) is 5.47. The topological polar surface area (TPSA) is 88.6 Å². The van der Waals surface area contributed by atoms with Gasteiger partial charge in [-0.2, -0.15) is 5.26 Å². The largest absolute Gasteiger partial charge is 0.493 e. The Morgan fingerprint density at radius 2 is 2.03 bits per heavy atom. The van der Waals surface area contributed by atoms with Crippen molar-refractivity contribution in [1.29, 1.82) is 5.26 Å². The third-order valence-electron chi connectivity index (χ3n) is 6.14. The number of ketones is 1. The van der Waals surface area contributed by atoms with Crippen LogP contribution >= 0.6 is 39.1 Å². The lowest BCUT2D eigenvalue weighted by Crippen LogP contribution is -2.36. The fraction of sp³-hybridized carbons (Fsp3) is 0.280. The third kappa shape index (κ3) is 4.38. The quantitative estimate of drug-likeness (QED) is 0.475. The van der Waals surface area contributed by atoms with Crippen LogP contribution in [0.15, 0.2) is 57.5 Å². The second kappa shape index (κ2) is 9.91. The Morgan fingerprint density at radius 1 is 1.26 bits per heavy atom. The van der Waals surface area contributed by atoms with E-state index in [1.54, 1.807) is 36.2 Å². The molecule has 0 unspecified atom stereocenters. The van der Waals surface area contributed by atoms with Gasteiger partial charge in [0.1, 0.15) is 12.4 Å². The van der Waals surface area contributed by atoms with E-state index in [0.29, 0.717) is 49.4 Å². The second-order valence-electron chi connectivity index (χ2n) is 8.10. The second-order valence-corrected chi connectivity index (χ2v) is 9.80. The Bertz CT molecular complexity index is 1280. The fourth-order valence-electron chi connectivity index (χ4n) is 4.43. The molecule has 4 rings (SSSR count). The van der Waals surface area contributed by atoms with Gasteiger partial charge in [-0.15, -0.1) is 0 Å². The third-order valence-corrected chi connectivity index (χ3v) is 7.32. The minimum Gasteiger partial charge on any atom is -0.493 e. The molecule has 0 saturated carbocycles. The molecule has 0 fully saturated rings. The number of carbonyl (C=O) groups excluding carboxylic acids is 1. The monoisotopic (exact) mass is 561 g/mol. The summed E-state index contributed by atoms with van der Waals surface area (Å²) in [6.45, 7) is 0.197. The summed E-state index contributed by atoms with van der Waals surface area (Å²) in [6.07, 6.45) is 1.94. The summed E-state index contributed by atoms with van der Waals surface area (Å²) >= 11 is 15.8. The van der Waals surface area contributed by atoms with Crippen LogP contribution in [0.25, 0.3) is 0 Å². The first-order valence-electron chi connectivity index (χ1n) is 10.6. The number of rotatable bonds is 5. The van der Waals surface area contributed by atoms with Crippen LogP contribution in [0.5, 0.6) is 11.5 Å². The normalized spacial score (nSPS) is 18.1. The van der Waals surface area contributed by atoms with E-state index in [4.69, 9.17) is 38.4 Å². The maximum Gasteiger partial charge on any atom is 0.175 e. The van der Waals surface area contributed by atoms with Crippen molar-refractivity contribution in [2.45, 2.75) is 31.8 Å². The predicted octanol–water partition coefficient (Wildman–Crippen LogP) is 6.07. The van der Waals surface area contributed by atoms with E-state index in [1.165, 1.54) is 7.11 Å². The number of nitrogens with two attached hydrogens (primary N) is 1. The first-order valence-corrected chi connectivity index (χ1v) is 12.2. The van der Waals surface area contributed by atoms with Gasteiger partial charge in [-0.1, -0.05) is 29.3 Å². The van der Waals surface area contributed by atoms with E-state index in [9.17, 15) is 10.1 Å². The molecule has 0 aromatic heterocycles. The van der Waals surface area contributed by atoms with Gasteiger partial charge in [0, 0.05) is 40.3 Å². The van der Waals surface area contributed by atoms with Gasteiger partial charge in [-0.3, -0.25) is 4.79 Å². The highest BCUT2D eigenvalue weighted by molar-refractivity contribution is 9.10. The van der Waals surface area contributed by atoms with Gasteiger partial charge in [-0.25, -0.2) is 0 Å². The van der Waals surface area contributed by atoms with E-state index < -0.39 is 5.92 Å². The number of hydrogen-bond acceptors (Lipinski definition) is 6. The van der Waals surface area contributed by atoms with Crippen LogP contribution in [0.1, 0.15) is 36.3 Å². The van der Waals surface area contributed by atoms with Gasteiger partial charge in [0.2, 0.25) is 0 Å². The number of nitriles is 1. The Hall–Kier alpha value is -2.66. The van der Waals surface area contributed by atoms with Gasteiger partial charge in [0.25, 0.3) is 0 Å². The zero-order chi connectivity index (χ0) is 24.6. The molecule has 6 nitrogen and oxygen atoms in total. The average molecular weight is 563 g/mol. The molecule has 1 heterocycles. The van der Waals surface area contributed by atoms with Gasteiger partial charge < -0.3 is 20.1 Å². The first kappa shape index (κ1) is 24.5. The van der Waals surface area contributed by atoms with Crippen molar-refractivity contribution in [1.82, 2.24) is 4.90 Å². The summed E-state index contributed by atoms with van der Waals surface area (Å²) in [5.41, 5.74) is 9.65. The molecule has 9 heteroatoms. The Balaban J connectivity index is 1.76.